The number of nitrogens with one attached hydrogen (secondary N) is 1. The number of anilines is 1. The number of unbranched alkanes of at least 4 members (excludes halogenated alkanes) is 2. The van der Waals surface area contributed by atoms with E-state index < -0.39 is 0 Å². The van der Waals surface area contributed by atoms with Gasteiger partial charge in [0, 0.05) is 36.4 Å². The highest BCUT2D eigenvalue weighted by molar-refractivity contribution is 7.98. The summed E-state index contributed by atoms with van der Waals surface area (Å²) in [7, 11) is 1.74. The maximum Gasteiger partial charge on any atom is 0.107 e. The lowest BCUT2D eigenvalue weighted by atomic mass is 10.1. The first-order valence-electron chi connectivity index (χ1n) is 6.40. The average molecular weight is 298 g/mol. The van der Waals surface area contributed by atoms with Gasteiger partial charge in [0.2, 0.25) is 0 Å². The van der Waals surface area contributed by atoms with E-state index in [9.17, 15) is 0 Å². The summed E-state index contributed by atoms with van der Waals surface area (Å²) in [4.78, 5) is 1.57. The first-order chi connectivity index (χ1) is 9.20. The van der Waals surface area contributed by atoms with Crippen molar-refractivity contribution in [1.82, 2.24) is 0 Å². The Morgan fingerprint density at radius 2 is 2.16 bits per heavy atom. The molecule has 0 fully saturated rings. The van der Waals surface area contributed by atoms with Crippen molar-refractivity contribution in [2.24, 2.45) is 5.73 Å². The Bertz CT molecular complexity index is 410. The van der Waals surface area contributed by atoms with Crippen molar-refractivity contribution < 1.29 is 4.74 Å². The number of methoxy groups -OCH3 is 1. The molecule has 0 radical (unpaired) electrons. The molecule has 106 valence electrons. The Morgan fingerprint density at radius 3 is 2.79 bits per heavy atom. The lowest BCUT2D eigenvalue weighted by molar-refractivity contribution is 0.192. The van der Waals surface area contributed by atoms with Gasteiger partial charge in [-0.15, -0.1) is 11.8 Å². The largest absolute Gasteiger partial charge is 0.389 e. The van der Waals surface area contributed by atoms with Gasteiger partial charge in [0.1, 0.15) is 4.99 Å². The molecule has 0 unspecified atom stereocenters. The Hall–Kier alpha value is -0.780. The molecule has 3 N–H and O–H groups in total. The zero-order valence-corrected chi connectivity index (χ0v) is 13.2. The molecule has 3 nitrogen and oxygen atoms in total. The van der Waals surface area contributed by atoms with E-state index in [0.29, 0.717) is 4.99 Å². The fourth-order valence-corrected chi connectivity index (χ4v) is 2.80. The van der Waals surface area contributed by atoms with Crippen LogP contribution >= 0.6 is 24.0 Å². The molecule has 0 saturated carbocycles. The minimum Gasteiger partial charge on any atom is -0.389 e. The minimum absolute atomic E-state index is 0.451. The van der Waals surface area contributed by atoms with E-state index in [1.165, 1.54) is 0 Å². The summed E-state index contributed by atoms with van der Waals surface area (Å²) in [6.45, 7) is 1.76. The van der Waals surface area contributed by atoms with Gasteiger partial charge in [-0.2, -0.15) is 0 Å². The number of ether oxygens (including phenoxy) is 1. The molecule has 0 heterocycles. The molecule has 1 aromatic carbocycles. The van der Waals surface area contributed by atoms with E-state index in [0.717, 1.165) is 48.6 Å². The average Bonchev–Trinajstić information content (AvgIpc) is 2.42. The molecule has 0 aliphatic heterocycles. The predicted molar refractivity (Wildman–Crippen MR) is 88.3 cm³/mol. The highest BCUT2D eigenvalue weighted by Crippen LogP contribution is 2.27. The molecule has 1 rings (SSSR count). The normalized spacial score (nSPS) is 10.4. The Morgan fingerprint density at radius 1 is 1.37 bits per heavy atom. The lowest BCUT2D eigenvalue weighted by Crippen LogP contribution is -2.15. The van der Waals surface area contributed by atoms with Crippen LogP contribution in [-0.4, -0.2) is 31.5 Å². The van der Waals surface area contributed by atoms with E-state index in [4.69, 9.17) is 22.7 Å². The number of hydrogen-bond donors (Lipinski definition) is 2. The number of thiocarbonyl (C=S) groups is 1. The van der Waals surface area contributed by atoms with E-state index in [1.807, 2.05) is 24.5 Å². The molecule has 5 heteroatoms. The molecule has 1 aromatic rings. The molecule has 0 bridgehead atoms. The van der Waals surface area contributed by atoms with E-state index in [1.54, 1.807) is 18.9 Å². The smallest absolute Gasteiger partial charge is 0.107 e. The number of benzene rings is 1. The minimum atomic E-state index is 0.451. The van der Waals surface area contributed by atoms with Crippen LogP contribution < -0.4 is 11.1 Å². The van der Waals surface area contributed by atoms with Crippen LogP contribution in [0.4, 0.5) is 5.69 Å². The fourth-order valence-electron chi connectivity index (χ4n) is 1.87. The van der Waals surface area contributed by atoms with Crippen LogP contribution in [0.3, 0.4) is 0 Å². The molecule has 0 aliphatic rings. The molecular weight excluding hydrogens is 276 g/mol. The lowest BCUT2D eigenvalue weighted by Gasteiger charge is -2.14. The Kier molecular flexibility index (Phi) is 7.86. The Balaban J connectivity index is 2.55. The van der Waals surface area contributed by atoms with E-state index in [-0.39, 0.29) is 0 Å². The highest BCUT2D eigenvalue weighted by atomic mass is 32.2. The van der Waals surface area contributed by atoms with Gasteiger partial charge < -0.3 is 15.8 Å². The van der Waals surface area contributed by atoms with Gasteiger partial charge in [0.15, 0.2) is 0 Å². The molecule has 0 amide bonds. The quantitative estimate of drug-likeness (QED) is 0.416. The SMILES string of the molecule is COCCCCCNc1cccc(SC)c1C(N)=S. The molecule has 0 atom stereocenters. The fraction of sp³-hybridized carbons (Fsp3) is 0.500. The van der Waals surface area contributed by atoms with Crippen molar-refractivity contribution in [2.45, 2.75) is 24.2 Å². The van der Waals surface area contributed by atoms with Crippen LogP contribution in [-0.2, 0) is 4.74 Å². The van der Waals surface area contributed by atoms with Crippen molar-refractivity contribution in [2.75, 3.05) is 31.8 Å². The van der Waals surface area contributed by atoms with E-state index >= 15 is 0 Å². The maximum atomic E-state index is 5.82. The monoisotopic (exact) mass is 298 g/mol. The third-order valence-electron chi connectivity index (χ3n) is 2.83. The van der Waals surface area contributed by atoms with Gasteiger partial charge in [-0.05, 0) is 37.7 Å². The summed E-state index contributed by atoms with van der Waals surface area (Å²) in [5, 5.41) is 3.42. The first kappa shape index (κ1) is 16.3. The van der Waals surface area contributed by atoms with Gasteiger partial charge in [0.25, 0.3) is 0 Å². The van der Waals surface area contributed by atoms with Crippen molar-refractivity contribution >= 4 is 34.7 Å². The second-order valence-electron chi connectivity index (χ2n) is 4.23. The molecule has 0 aromatic heterocycles. The maximum absolute atomic E-state index is 5.82. The summed E-state index contributed by atoms with van der Waals surface area (Å²) >= 11 is 6.81. The first-order valence-corrected chi connectivity index (χ1v) is 8.03. The van der Waals surface area contributed by atoms with Crippen LogP contribution in [0.1, 0.15) is 24.8 Å². The van der Waals surface area contributed by atoms with Gasteiger partial charge in [-0.25, -0.2) is 0 Å². The van der Waals surface area contributed by atoms with Crippen LogP contribution in [0.5, 0.6) is 0 Å². The second-order valence-corrected chi connectivity index (χ2v) is 5.52. The second kappa shape index (κ2) is 9.18. The summed E-state index contributed by atoms with van der Waals surface area (Å²) in [6, 6.07) is 6.10. The third-order valence-corrected chi connectivity index (χ3v) is 3.82. The van der Waals surface area contributed by atoms with Crippen LogP contribution in [0.25, 0.3) is 0 Å². The molecule has 0 saturated heterocycles. The number of hydrogen-bond acceptors (Lipinski definition) is 4. The van der Waals surface area contributed by atoms with Crippen molar-refractivity contribution in [3.8, 4) is 0 Å². The molecule has 19 heavy (non-hydrogen) atoms. The number of rotatable bonds is 9. The zero-order chi connectivity index (χ0) is 14.1. The van der Waals surface area contributed by atoms with Gasteiger partial charge in [-0.1, -0.05) is 18.3 Å². The number of nitrogens with two attached hydrogens (primary N) is 1. The molecular formula is C14H22N2OS2. The van der Waals surface area contributed by atoms with Gasteiger partial charge in [0.05, 0.1) is 0 Å². The summed E-state index contributed by atoms with van der Waals surface area (Å²) in [5.41, 5.74) is 7.82. The third kappa shape index (κ3) is 5.38. The van der Waals surface area contributed by atoms with Crippen molar-refractivity contribution in [3.05, 3.63) is 23.8 Å². The highest BCUT2D eigenvalue weighted by Gasteiger charge is 2.09. The number of thioether (sulfide) groups is 1. The standard InChI is InChI=1S/C14H22N2OS2/c1-17-10-5-3-4-9-16-11-7-6-8-12(19-2)13(11)14(15)18/h6-8,16H,3-5,9-10H2,1-2H3,(H2,15,18). The topological polar surface area (TPSA) is 47.3 Å². The summed E-state index contributed by atoms with van der Waals surface area (Å²) in [5.74, 6) is 0. The van der Waals surface area contributed by atoms with Crippen molar-refractivity contribution in [3.63, 3.8) is 0 Å². The van der Waals surface area contributed by atoms with Gasteiger partial charge in [-0.3, -0.25) is 0 Å². The molecule has 0 spiro atoms. The summed E-state index contributed by atoms with van der Waals surface area (Å²) in [6.07, 6.45) is 5.41. The Labute approximate surface area is 125 Å². The van der Waals surface area contributed by atoms with Crippen molar-refractivity contribution in [1.29, 1.82) is 0 Å². The summed E-state index contributed by atoms with van der Waals surface area (Å²) < 4.78 is 5.03. The predicted octanol–water partition coefficient (Wildman–Crippen LogP) is 3.27. The van der Waals surface area contributed by atoms with Gasteiger partial charge >= 0.3 is 0 Å². The van der Waals surface area contributed by atoms with Crippen LogP contribution in [0.2, 0.25) is 0 Å². The zero-order valence-electron chi connectivity index (χ0n) is 11.6. The van der Waals surface area contributed by atoms with Crippen LogP contribution in [0, 0.1) is 0 Å². The van der Waals surface area contributed by atoms with Crippen LogP contribution in [0.15, 0.2) is 23.1 Å². The molecule has 0 aliphatic carbocycles. The van der Waals surface area contributed by atoms with E-state index in [2.05, 4.69) is 5.32 Å².